The molecule has 1 aromatic rings. The zero-order valence-electron chi connectivity index (χ0n) is 12.2. The molecule has 0 aliphatic carbocycles. The van der Waals surface area contributed by atoms with Crippen molar-refractivity contribution in [1.29, 1.82) is 0 Å². The molecule has 1 aliphatic heterocycles. The molecule has 0 spiro atoms. The number of amides is 1. The summed E-state index contributed by atoms with van der Waals surface area (Å²) in [6.45, 7) is 5.89. The monoisotopic (exact) mass is 279 g/mol. The van der Waals surface area contributed by atoms with Gasteiger partial charge in [-0.2, -0.15) is 0 Å². The fourth-order valence-corrected chi connectivity index (χ4v) is 2.05. The van der Waals surface area contributed by atoms with E-state index < -0.39 is 5.41 Å². The minimum atomic E-state index is -0.635. The van der Waals surface area contributed by atoms with Gasteiger partial charge in [-0.3, -0.25) is 4.79 Å². The first-order valence-electron chi connectivity index (χ1n) is 6.73. The first kappa shape index (κ1) is 14.7. The molecule has 1 aliphatic rings. The molecule has 0 radical (unpaired) electrons. The van der Waals surface area contributed by atoms with E-state index in [1.54, 1.807) is 7.11 Å². The maximum atomic E-state index is 12.3. The molecule has 1 amide bonds. The number of benzene rings is 1. The van der Waals surface area contributed by atoms with Gasteiger partial charge in [0.05, 0.1) is 12.0 Å². The third kappa shape index (κ3) is 3.04. The lowest BCUT2D eigenvalue weighted by molar-refractivity contribution is -0.125. The van der Waals surface area contributed by atoms with E-state index in [1.807, 2.05) is 32.0 Å². The van der Waals surface area contributed by atoms with Gasteiger partial charge in [-0.05, 0) is 31.5 Å². The lowest BCUT2D eigenvalue weighted by atomic mass is 9.83. The predicted octanol–water partition coefficient (Wildman–Crippen LogP) is 1.50. The molecule has 0 saturated carbocycles. The number of carbonyl (C=O) groups is 1. The first-order chi connectivity index (χ1) is 9.55. The van der Waals surface area contributed by atoms with Crippen molar-refractivity contribution < 1.29 is 19.0 Å². The Morgan fingerprint density at radius 1 is 1.30 bits per heavy atom. The number of hydrogen-bond donors (Lipinski definition) is 1. The van der Waals surface area contributed by atoms with Crippen LogP contribution in [0.1, 0.15) is 19.4 Å². The second kappa shape index (κ2) is 6.13. The van der Waals surface area contributed by atoms with E-state index in [0.717, 1.165) is 11.3 Å². The van der Waals surface area contributed by atoms with Gasteiger partial charge in [0, 0.05) is 13.7 Å². The number of methoxy groups -OCH3 is 1. The van der Waals surface area contributed by atoms with E-state index in [9.17, 15) is 4.79 Å². The fourth-order valence-electron chi connectivity index (χ4n) is 2.05. The Morgan fingerprint density at radius 2 is 2.00 bits per heavy atom. The van der Waals surface area contributed by atoms with E-state index >= 15 is 0 Å². The molecule has 0 fully saturated rings. The van der Waals surface area contributed by atoms with Gasteiger partial charge in [0.2, 0.25) is 5.91 Å². The van der Waals surface area contributed by atoms with Crippen molar-refractivity contribution in [3.63, 3.8) is 0 Å². The fraction of sp³-hybridized carbons (Fsp3) is 0.533. The standard InChI is InChI=1S/C15H21NO4/c1-15(2,14(17)16-6-7-18-3)11-4-5-12-13(10-11)20-9-8-19-12/h4-5,10H,6-9H2,1-3H3,(H,16,17). The molecule has 110 valence electrons. The summed E-state index contributed by atoms with van der Waals surface area (Å²) in [7, 11) is 1.61. The normalized spacial score (nSPS) is 13.9. The SMILES string of the molecule is COCCNC(=O)C(C)(C)c1ccc2c(c1)OCCO2. The summed E-state index contributed by atoms with van der Waals surface area (Å²) in [5, 5.41) is 2.87. The predicted molar refractivity (Wildman–Crippen MR) is 75.3 cm³/mol. The zero-order chi connectivity index (χ0) is 14.6. The molecular formula is C15H21NO4. The molecular weight excluding hydrogens is 258 g/mol. The van der Waals surface area contributed by atoms with Crippen molar-refractivity contribution in [2.75, 3.05) is 33.5 Å². The minimum absolute atomic E-state index is 0.0359. The third-order valence-electron chi connectivity index (χ3n) is 3.42. The van der Waals surface area contributed by atoms with E-state index in [0.29, 0.717) is 32.1 Å². The topological polar surface area (TPSA) is 56.8 Å². The first-order valence-corrected chi connectivity index (χ1v) is 6.73. The Labute approximate surface area is 119 Å². The molecule has 1 aromatic carbocycles. The zero-order valence-corrected chi connectivity index (χ0v) is 12.2. The van der Waals surface area contributed by atoms with Crippen LogP contribution >= 0.6 is 0 Å². The molecule has 5 heteroatoms. The molecule has 0 aromatic heterocycles. The maximum absolute atomic E-state index is 12.3. The van der Waals surface area contributed by atoms with Crippen LogP contribution in [0.25, 0.3) is 0 Å². The van der Waals surface area contributed by atoms with Crippen LogP contribution in [-0.2, 0) is 14.9 Å². The van der Waals surface area contributed by atoms with Gasteiger partial charge in [0.15, 0.2) is 11.5 Å². The van der Waals surface area contributed by atoms with Crippen molar-refractivity contribution in [3.05, 3.63) is 23.8 Å². The molecule has 0 unspecified atom stereocenters. The van der Waals surface area contributed by atoms with E-state index in [-0.39, 0.29) is 5.91 Å². The molecule has 2 rings (SSSR count). The van der Waals surface area contributed by atoms with Crippen LogP contribution in [0.2, 0.25) is 0 Å². The van der Waals surface area contributed by atoms with Crippen LogP contribution in [0, 0.1) is 0 Å². The number of fused-ring (bicyclic) bond motifs is 1. The number of ether oxygens (including phenoxy) is 3. The van der Waals surface area contributed by atoms with Gasteiger partial charge in [-0.25, -0.2) is 0 Å². The summed E-state index contributed by atoms with van der Waals surface area (Å²) in [6, 6.07) is 5.64. The highest BCUT2D eigenvalue weighted by Crippen LogP contribution is 2.35. The summed E-state index contributed by atoms with van der Waals surface area (Å²) in [6.07, 6.45) is 0. The van der Waals surface area contributed by atoms with Crippen LogP contribution in [0.3, 0.4) is 0 Å². The average molecular weight is 279 g/mol. The lowest BCUT2D eigenvalue weighted by Gasteiger charge is -2.26. The average Bonchev–Trinajstić information content (AvgIpc) is 2.46. The van der Waals surface area contributed by atoms with Gasteiger partial charge in [0.25, 0.3) is 0 Å². The van der Waals surface area contributed by atoms with Gasteiger partial charge < -0.3 is 19.5 Å². The lowest BCUT2D eigenvalue weighted by Crippen LogP contribution is -2.41. The van der Waals surface area contributed by atoms with Crippen molar-refractivity contribution in [2.45, 2.75) is 19.3 Å². The van der Waals surface area contributed by atoms with E-state index in [4.69, 9.17) is 14.2 Å². The van der Waals surface area contributed by atoms with E-state index in [2.05, 4.69) is 5.32 Å². The summed E-state index contributed by atoms with van der Waals surface area (Å²) < 4.78 is 16.0. The largest absolute Gasteiger partial charge is 0.486 e. The van der Waals surface area contributed by atoms with E-state index in [1.165, 1.54) is 0 Å². The number of carbonyl (C=O) groups excluding carboxylic acids is 1. The van der Waals surface area contributed by atoms with Crippen molar-refractivity contribution in [2.24, 2.45) is 0 Å². The molecule has 1 N–H and O–H groups in total. The number of rotatable bonds is 5. The Kier molecular flexibility index (Phi) is 4.49. The highest BCUT2D eigenvalue weighted by Gasteiger charge is 2.30. The summed E-state index contributed by atoms with van der Waals surface area (Å²) >= 11 is 0. The molecule has 0 bridgehead atoms. The minimum Gasteiger partial charge on any atom is -0.486 e. The van der Waals surface area contributed by atoms with Gasteiger partial charge in [-0.1, -0.05) is 6.07 Å². The second-order valence-electron chi connectivity index (χ2n) is 5.23. The molecule has 0 atom stereocenters. The Morgan fingerprint density at radius 3 is 2.70 bits per heavy atom. The van der Waals surface area contributed by atoms with Crippen molar-refractivity contribution >= 4 is 5.91 Å². The van der Waals surface area contributed by atoms with Crippen LogP contribution < -0.4 is 14.8 Å². The molecule has 0 saturated heterocycles. The third-order valence-corrected chi connectivity index (χ3v) is 3.42. The Hall–Kier alpha value is -1.75. The van der Waals surface area contributed by atoms with Gasteiger partial charge >= 0.3 is 0 Å². The quantitative estimate of drug-likeness (QED) is 0.830. The summed E-state index contributed by atoms with van der Waals surface area (Å²) in [5.41, 5.74) is 0.264. The van der Waals surface area contributed by atoms with Crippen LogP contribution in [0.4, 0.5) is 0 Å². The van der Waals surface area contributed by atoms with Crippen LogP contribution in [-0.4, -0.2) is 39.4 Å². The van der Waals surface area contributed by atoms with Crippen LogP contribution in [0.5, 0.6) is 11.5 Å². The molecule has 1 heterocycles. The number of hydrogen-bond acceptors (Lipinski definition) is 4. The maximum Gasteiger partial charge on any atom is 0.230 e. The second-order valence-corrected chi connectivity index (χ2v) is 5.23. The highest BCUT2D eigenvalue weighted by atomic mass is 16.6. The summed E-state index contributed by atoms with van der Waals surface area (Å²) in [4.78, 5) is 12.3. The van der Waals surface area contributed by atoms with Gasteiger partial charge in [0.1, 0.15) is 13.2 Å². The summed E-state index contributed by atoms with van der Waals surface area (Å²) in [5.74, 6) is 1.40. The Balaban J connectivity index is 2.14. The van der Waals surface area contributed by atoms with Crippen molar-refractivity contribution in [1.82, 2.24) is 5.32 Å². The van der Waals surface area contributed by atoms with Crippen LogP contribution in [0.15, 0.2) is 18.2 Å². The Bertz CT molecular complexity index is 485. The molecule has 20 heavy (non-hydrogen) atoms. The van der Waals surface area contributed by atoms with Gasteiger partial charge in [-0.15, -0.1) is 0 Å². The smallest absolute Gasteiger partial charge is 0.230 e. The highest BCUT2D eigenvalue weighted by molar-refractivity contribution is 5.87. The molecule has 5 nitrogen and oxygen atoms in total. The van der Waals surface area contributed by atoms with Crippen molar-refractivity contribution in [3.8, 4) is 11.5 Å². The number of nitrogens with one attached hydrogen (secondary N) is 1.